The zero-order valence-corrected chi connectivity index (χ0v) is 12.5. The molecule has 0 atom stereocenters. The number of ether oxygens (including phenoxy) is 1. The van der Waals surface area contributed by atoms with Gasteiger partial charge >= 0.3 is 0 Å². The van der Waals surface area contributed by atoms with Gasteiger partial charge in [-0.3, -0.25) is 0 Å². The van der Waals surface area contributed by atoms with Gasteiger partial charge in [0.15, 0.2) is 0 Å². The third-order valence-electron chi connectivity index (χ3n) is 3.21. The molecule has 1 N–H and O–H groups in total. The molecule has 0 aromatic heterocycles. The number of methoxy groups -OCH3 is 1. The van der Waals surface area contributed by atoms with Crippen molar-refractivity contribution in [2.75, 3.05) is 12.4 Å². The number of halogens is 2. The molecule has 0 fully saturated rings. The monoisotopic (exact) mass is 293 g/mol. The quantitative estimate of drug-likeness (QED) is 0.881. The van der Waals surface area contributed by atoms with E-state index in [0.29, 0.717) is 11.6 Å². The Morgan fingerprint density at radius 2 is 1.95 bits per heavy atom. The molecule has 2 rings (SSSR count). The lowest BCUT2D eigenvalue weighted by molar-refractivity contribution is 0.409. The summed E-state index contributed by atoms with van der Waals surface area (Å²) in [5, 5.41) is 3.68. The van der Waals surface area contributed by atoms with Gasteiger partial charge in [0.25, 0.3) is 0 Å². The average Bonchev–Trinajstić information content (AvgIpc) is 2.37. The van der Waals surface area contributed by atoms with Crippen LogP contribution in [0.3, 0.4) is 0 Å². The van der Waals surface area contributed by atoms with Crippen molar-refractivity contribution >= 4 is 17.3 Å². The van der Waals surface area contributed by atoms with Crippen LogP contribution in [-0.2, 0) is 6.54 Å². The van der Waals surface area contributed by atoms with E-state index in [1.54, 1.807) is 13.2 Å². The highest BCUT2D eigenvalue weighted by molar-refractivity contribution is 6.30. The van der Waals surface area contributed by atoms with Crippen molar-refractivity contribution in [2.24, 2.45) is 0 Å². The van der Waals surface area contributed by atoms with Gasteiger partial charge in [-0.05, 0) is 49.2 Å². The summed E-state index contributed by atoms with van der Waals surface area (Å²) in [4.78, 5) is 0. The molecule has 0 amide bonds. The molecule has 2 aromatic carbocycles. The van der Waals surface area contributed by atoms with Gasteiger partial charge in [0.05, 0.1) is 7.11 Å². The number of rotatable bonds is 4. The molecule has 106 valence electrons. The number of aryl methyl sites for hydroxylation is 1. The highest BCUT2D eigenvalue weighted by Gasteiger charge is 2.08. The molecule has 0 unspecified atom stereocenters. The third-order valence-corrected chi connectivity index (χ3v) is 3.43. The molecule has 0 spiro atoms. The van der Waals surface area contributed by atoms with Crippen LogP contribution in [0.15, 0.2) is 30.3 Å². The van der Waals surface area contributed by atoms with E-state index >= 15 is 0 Å². The maximum Gasteiger partial charge on any atom is 0.126 e. The van der Waals surface area contributed by atoms with Crippen molar-refractivity contribution in [3.05, 3.63) is 57.9 Å². The molecule has 0 radical (unpaired) electrons. The lowest BCUT2D eigenvalue weighted by Gasteiger charge is -2.15. The second-order valence-electron chi connectivity index (χ2n) is 4.72. The number of hydrogen-bond donors (Lipinski definition) is 1. The number of hydrogen-bond acceptors (Lipinski definition) is 2. The molecule has 0 saturated carbocycles. The zero-order valence-electron chi connectivity index (χ0n) is 11.8. The Bertz CT molecular complexity index is 608. The molecule has 2 aromatic rings. The minimum absolute atomic E-state index is 0.326. The molecule has 2 nitrogen and oxygen atoms in total. The molecular weight excluding hydrogens is 277 g/mol. The van der Waals surface area contributed by atoms with E-state index in [-0.39, 0.29) is 5.82 Å². The predicted octanol–water partition coefficient (Wildman–Crippen LogP) is 4.72. The maximum absolute atomic E-state index is 13.3. The first kappa shape index (κ1) is 14.7. The molecule has 0 saturated heterocycles. The second kappa shape index (κ2) is 6.14. The van der Waals surface area contributed by atoms with Crippen molar-refractivity contribution < 1.29 is 9.13 Å². The summed E-state index contributed by atoms with van der Waals surface area (Å²) in [6.45, 7) is 4.50. The van der Waals surface area contributed by atoms with Gasteiger partial charge in [0.1, 0.15) is 11.6 Å². The van der Waals surface area contributed by atoms with Gasteiger partial charge in [0.2, 0.25) is 0 Å². The van der Waals surface area contributed by atoms with Gasteiger partial charge in [-0.25, -0.2) is 4.39 Å². The second-order valence-corrected chi connectivity index (χ2v) is 5.16. The van der Waals surface area contributed by atoms with Gasteiger partial charge in [-0.1, -0.05) is 17.7 Å². The summed E-state index contributed by atoms with van der Waals surface area (Å²) >= 11 is 5.84. The van der Waals surface area contributed by atoms with Crippen LogP contribution in [0.1, 0.15) is 16.7 Å². The lowest BCUT2D eigenvalue weighted by Crippen LogP contribution is -2.03. The highest BCUT2D eigenvalue weighted by atomic mass is 35.5. The molecule has 4 heteroatoms. The smallest absolute Gasteiger partial charge is 0.126 e. The predicted molar refractivity (Wildman–Crippen MR) is 81.2 cm³/mol. The average molecular weight is 294 g/mol. The van der Waals surface area contributed by atoms with Crippen LogP contribution < -0.4 is 10.1 Å². The van der Waals surface area contributed by atoms with E-state index in [9.17, 15) is 4.39 Å². The van der Waals surface area contributed by atoms with Crippen LogP contribution in [-0.4, -0.2) is 7.11 Å². The van der Waals surface area contributed by atoms with Gasteiger partial charge in [-0.2, -0.15) is 0 Å². The summed E-state index contributed by atoms with van der Waals surface area (Å²) in [5.41, 5.74) is 3.89. The summed E-state index contributed by atoms with van der Waals surface area (Å²) in [7, 11) is 1.66. The van der Waals surface area contributed by atoms with Crippen molar-refractivity contribution in [2.45, 2.75) is 20.4 Å². The molecule has 0 bridgehead atoms. The van der Waals surface area contributed by atoms with E-state index in [4.69, 9.17) is 16.3 Å². The van der Waals surface area contributed by atoms with E-state index in [1.165, 1.54) is 12.1 Å². The standard InChI is InChI=1S/C16H17ClFNO/c1-10-4-5-15(11(2)16(10)20-3)19-9-12-6-13(17)8-14(18)7-12/h4-8,19H,9H2,1-3H3. The largest absolute Gasteiger partial charge is 0.496 e. The van der Waals surface area contributed by atoms with Crippen molar-refractivity contribution in [3.8, 4) is 5.75 Å². The Morgan fingerprint density at radius 3 is 2.60 bits per heavy atom. The minimum atomic E-state index is -0.326. The Kier molecular flexibility index (Phi) is 4.50. The Labute approximate surface area is 123 Å². The van der Waals surface area contributed by atoms with E-state index < -0.39 is 0 Å². The third kappa shape index (κ3) is 3.23. The Morgan fingerprint density at radius 1 is 1.20 bits per heavy atom. The van der Waals surface area contributed by atoms with Gasteiger partial charge < -0.3 is 10.1 Å². The summed E-state index contributed by atoms with van der Waals surface area (Å²) in [6.07, 6.45) is 0. The van der Waals surface area contributed by atoms with E-state index in [2.05, 4.69) is 5.32 Å². The zero-order chi connectivity index (χ0) is 14.7. The minimum Gasteiger partial charge on any atom is -0.496 e. The number of anilines is 1. The fraction of sp³-hybridized carbons (Fsp3) is 0.250. The number of nitrogens with one attached hydrogen (secondary N) is 1. The fourth-order valence-corrected chi connectivity index (χ4v) is 2.49. The van der Waals surface area contributed by atoms with Crippen molar-refractivity contribution in [1.29, 1.82) is 0 Å². The first-order valence-electron chi connectivity index (χ1n) is 6.34. The van der Waals surface area contributed by atoms with Crippen LogP contribution in [0.4, 0.5) is 10.1 Å². The number of benzene rings is 2. The van der Waals surface area contributed by atoms with Crippen LogP contribution in [0.25, 0.3) is 0 Å². The van der Waals surface area contributed by atoms with Crippen LogP contribution >= 0.6 is 11.6 Å². The molecule has 0 aliphatic heterocycles. The highest BCUT2D eigenvalue weighted by Crippen LogP contribution is 2.29. The Hall–Kier alpha value is -1.74. The topological polar surface area (TPSA) is 21.3 Å². The van der Waals surface area contributed by atoms with Gasteiger partial charge in [-0.15, -0.1) is 0 Å². The molecule has 0 aliphatic rings. The van der Waals surface area contributed by atoms with Crippen LogP contribution in [0.2, 0.25) is 5.02 Å². The van der Waals surface area contributed by atoms with Crippen LogP contribution in [0, 0.1) is 19.7 Å². The molecule has 0 heterocycles. The summed E-state index contributed by atoms with van der Waals surface area (Å²) in [6, 6.07) is 8.50. The first-order chi connectivity index (χ1) is 9.51. The van der Waals surface area contributed by atoms with Gasteiger partial charge in [0, 0.05) is 22.8 Å². The molecule has 20 heavy (non-hydrogen) atoms. The van der Waals surface area contributed by atoms with Crippen LogP contribution in [0.5, 0.6) is 5.75 Å². The Balaban J connectivity index is 2.19. The summed E-state index contributed by atoms with van der Waals surface area (Å²) < 4.78 is 18.7. The maximum atomic E-state index is 13.3. The lowest BCUT2D eigenvalue weighted by atomic mass is 10.1. The summed E-state index contributed by atoms with van der Waals surface area (Å²) in [5.74, 6) is 0.541. The molecular formula is C16H17ClFNO. The SMILES string of the molecule is COc1c(C)ccc(NCc2cc(F)cc(Cl)c2)c1C. The first-order valence-corrected chi connectivity index (χ1v) is 6.72. The van der Waals surface area contributed by atoms with Crippen molar-refractivity contribution in [1.82, 2.24) is 0 Å². The molecule has 0 aliphatic carbocycles. The fourth-order valence-electron chi connectivity index (χ4n) is 2.24. The van der Waals surface area contributed by atoms with E-state index in [1.807, 2.05) is 26.0 Å². The van der Waals surface area contributed by atoms with Crippen molar-refractivity contribution in [3.63, 3.8) is 0 Å². The normalized spacial score (nSPS) is 10.4. The van der Waals surface area contributed by atoms with E-state index in [0.717, 1.165) is 28.1 Å².